The van der Waals surface area contributed by atoms with E-state index in [1.54, 1.807) is 43.2 Å². The molecule has 0 saturated carbocycles. The maximum atomic E-state index is 10.1. The fourth-order valence-electron chi connectivity index (χ4n) is 0.714. The van der Waals surface area contributed by atoms with E-state index >= 15 is 0 Å². The summed E-state index contributed by atoms with van der Waals surface area (Å²) in [6.07, 6.45) is 37.4. The van der Waals surface area contributed by atoms with Gasteiger partial charge in [0, 0.05) is 18.9 Å². The number of rotatable bonds is 8. The van der Waals surface area contributed by atoms with Crippen LogP contribution in [0.2, 0.25) is 0 Å². The molecule has 51 heavy (non-hydrogen) atoms. The summed E-state index contributed by atoms with van der Waals surface area (Å²) in [6, 6.07) is 0. The van der Waals surface area contributed by atoms with Crippen LogP contribution < -0.4 is 0 Å². The molecule has 0 unspecified atom stereocenters. The molecule has 0 amide bonds. The smallest absolute Gasteiger partial charge is 0.383 e. The molecule has 0 saturated heterocycles. The van der Waals surface area contributed by atoms with Crippen LogP contribution in [0.15, 0.2) is 138 Å². The van der Waals surface area contributed by atoms with E-state index < -0.39 is 11.9 Å². The van der Waals surface area contributed by atoms with Crippen LogP contribution in [0.1, 0.15) is 55.4 Å². The molecule has 0 fully saturated rings. The summed E-state index contributed by atoms with van der Waals surface area (Å²) in [6.45, 7) is 41.0. The van der Waals surface area contributed by atoms with Crippen LogP contribution in [-0.4, -0.2) is 43.5 Å². The Morgan fingerprint density at radius 2 is 0.941 bits per heavy atom. The van der Waals surface area contributed by atoms with E-state index in [1.807, 2.05) is 70.1 Å². The van der Waals surface area contributed by atoms with Crippen molar-refractivity contribution in [3.8, 4) is 37.0 Å². The van der Waals surface area contributed by atoms with Gasteiger partial charge in [0.2, 0.25) is 5.78 Å². The second-order valence-corrected chi connectivity index (χ2v) is 7.63. The predicted molar refractivity (Wildman–Crippen MR) is 223 cm³/mol. The van der Waals surface area contributed by atoms with Crippen molar-refractivity contribution < 1.29 is 33.4 Å². The maximum Gasteiger partial charge on any atom is 0.383 e. The lowest BCUT2D eigenvalue weighted by atomic mass is 10.2. The van der Waals surface area contributed by atoms with Crippen molar-refractivity contribution in [3.05, 3.63) is 138 Å². The van der Waals surface area contributed by atoms with Crippen molar-refractivity contribution >= 4 is 29.3 Å². The zero-order chi connectivity index (χ0) is 42.9. The SMILES string of the molecule is C#CC.C#CC(=O)OC.C#CC(C)=O.C=C/C=C/C.C=C/C=C/C.C=C/C=C/C(C)=O.C=CC.C=CC(=O)OC.C=CC(C)=O.C=CC(C)C=C. The largest absolute Gasteiger partial charge is 0.466 e. The zero-order valence-electron chi connectivity index (χ0n) is 32.9. The van der Waals surface area contributed by atoms with Crippen LogP contribution in [0.5, 0.6) is 0 Å². The highest BCUT2D eigenvalue weighted by Crippen LogP contribution is 1.92. The molecule has 7 heteroatoms. The van der Waals surface area contributed by atoms with Gasteiger partial charge in [-0.15, -0.1) is 44.9 Å². The third-order valence-corrected chi connectivity index (χ3v) is 3.03. The lowest BCUT2D eigenvalue weighted by Gasteiger charge is -1.88. The lowest BCUT2D eigenvalue weighted by molar-refractivity contribution is -0.135. The number of methoxy groups -OCH3 is 2. The highest BCUT2D eigenvalue weighted by Gasteiger charge is 1.83. The number of hydrogen-bond donors (Lipinski definition) is 0. The van der Waals surface area contributed by atoms with Crippen LogP contribution in [0.3, 0.4) is 0 Å². The number of allylic oxidation sites excluding steroid dienone is 13. The predicted octanol–water partition coefficient (Wildman–Crippen LogP) is 9.75. The van der Waals surface area contributed by atoms with Gasteiger partial charge in [0.1, 0.15) is 0 Å². The maximum absolute atomic E-state index is 10.1. The van der Waals surface area contributed by atoms with Crippen LogP contribution in [0, 0.1) is 42.9 Å². The van der Waals surface area contributed by atoms with Crippen molar-refractivity contribution in [2.75, 3.05) is 14.2 Å². The number of carbonyl (C=O) groups excluding carboxylic acids is 5. The first-order valence-corrected chi connectivity index (χ1v) is 14.7. The van der Waals surface area contributed by atoms with Gasteiger partial charge in [-0.05, 0) is 65.5 Å². The topological polar surface area (TPSA) is 104 Å². The van der Waals surface area contributed by atoms with Gasteiger partial charge in [-0.1, -0.05) is 107 Å². The van der Waals surface area contributed by atoms with E-state index in [9.17, 15) is 24.0 Å². The monoisotopic (exact) mass is 704 g/mol. The number of carbonyl (C=O) groups is 5. The molecule has 0 aromatic rings. The summed E-state index contributed by atoms with van der Waals surface area (Å²) in [5.41, 5.74) is 0. The van der Waals surface area contributed by atoms with Gasteiger partial charge >= 0.3 is 11.9 Å². The van der Waals surface area contributed by atoms with E-state index in [1.165, 1.54) is 47.1 Å². The average Bonchev–Trinajstić information content (AvgIpc) is 3.12. The van der Waals surface area contributed by atoms with E-state index in [0.717, 1.165) is 6.08 Å². The van der Waals surface area contributed by atoms with Crippen LogP contribution in [0.25, 0.3) is 0 Å². The second kappa shape index (κ2) is 84.6. The normalized spacial score (nSPS) is 7.14. The van der Waals surface area contributed by atoms with Gasteiger partial charge in [0.05, 0.1) is 14.2 Å². The van der Waals surface area contributed by atoms with Gasteiger partial charge in [-0.3, -0.25) is 14.4 Å². The minimum atomic E-state index is -0.630. The summed E-state index contributed by atoms with van der Waals surface area (Å²) in [5.74, 6) is 5.19. The van der Waals surface area contributed by atoms with Gasteiger partial charge in [0.15, 0.2) is 11.6 Å². The first kappa shape index (κ1) is 70.9. The molecule has 0 spiro atoms. The molecule has 0 heterocycles. The summed E-state index contributed by atoms with van der Waals surface area (Å²) in [7, 11) is 2.55. The van der Waals surface area contributed by atoms with Gasteiger partial charge in [-0.2, -0.15) is 0 Å². The number of ether oxygens (including phenoxy) is 2. The summed E-state index contributed by atoms with van der Waals surface area (Å²) in [5, 5.41) is 0. The van der Waals surface area contributed by atoms with Gasteiger partial charge in [-0.25, -0.2) is 9.59 Å². The Labute approximate surface area is 312 Å². The quantitative estimate of drug-likeness (QED) is 0.0471. The van der Waals surface area contributed by atoms with Crippen molar-refractivity contribution in [1.29, 1.82) is 0 Å². The third kappa shape index (κ3) is 242. The standard InChI is InChI=1S/C6H8O.C6H10.2C5H8.C4H6O2.C4H4O2.C4H6O.C4H4O.C3H6.C3H4/c1-3-4-5-6(2)7;1-4-6(3)5-2;2*1-3-5-4-2;2*1-3-4(5)6-2;2*1-3-4(2)5;2*1-3-2/h3-5H,1H2,2H3;4-6H,1-2H2,3H3;2*3-5H,1H2,2H3;3H,1H2,2H3;1H,2H3;3H,1H2,2H3;1H,2H3;3H,1H2,2H3;1H,2H3/b5-4+;;2*5-4+;;;;;;. The highest BCUT2D eigenvalue weighted by molar-refractivity contribution is 5.92. The van der Waals surface area contributed by atoms with Gasteiger partial charge < -0.3 is 9.47 Å². The molecule has 0 aromatic carbocycles. The molecule has 0 aliphatic heterocycles. The second-order valence-electron chi connectivity index (χ2n) is 7.63. The van der Waals surface area contributed by atoms with Crippen LogP contribution >= 0.6 is 0 Å². The lowest BCUT2D eigenvalue weighted by Crippen LogP contribution is -1.92. The Morgan fingerprint density at radius 1 is 0.627 bits per heavy atom. The van der Waals surface area contributed by atoms with Crippen molar-refractivity contribution in [2.24, 2.45) is 5.92 Å². The van der Waals surface area contributed by atoms with Crippen LogP contribution in [-0.2, 0) is 33.4 Å². The molecule has 0 aromatic heterocycles. The number of hydrogen-bond acceptors (Lipinski definition) is 7. The first-order chi connectivity index (χ1) is 23.9. The average molecular weight is 705 g/mol. The zero-order valence-corrected chi connectivity index (χ0v) is 32.9. The Morgan fingerprint density at radius 3 is 0.961 bits per heavy atom. The molecular formula is C44H64O7. The van der Waals surface area contributed by atoms with E-state index in [2.05, 4.69) is 87.3 Å². The number of Topliss-reactive ketones (excluding diaryl/α,β-unsaturated/α-hetero) is 1. The Balaban J connectivity index is -0.0000000462. The fourth-order valence-corrected chi connectivity index (χ4v) is 0.714. The number of terminal acetylenes is 3. The van der Waals surface area contributed by atoms with E-state index in [4.69, 9.17) is 0 Å². The fraction of sp³-hybridized carbons (Fsp3) is 0.250. The van der Waals surface area contributed by atoms with E-state index in [0.29, 0.717) is 5.92 Å². The molecule has 7 nitrogen and oxygen atoms in total. The Hall–Kier alpha value is -6.23. The molecule has 282 valence electrons. The Bertz CT molecular complexity index is 1130. The highest BCUT2D eigenvalue weighted by atomic mass is 16.5. The van der Waals surface area contributed by atoms with Crippen LogP contribution in [0.4, 0.5) is 0 Å². The number of esters is 2. The molecule has 0 rings (SSSR count). The summed E-state index contributed by atoms with van der Waals surface area (Å²) >= 11 is 0. The molecule has 0 N–H and O–H groups in total. The third-order valence-electron chi connectivity index (χ3n) is 3.03. The molecular weight excluding hydrogens is 640 g/mol. The minimum Gasteiger partial charge on any atom is -0.466 e. The summed E-state index contributed by atoms with van der Waals surface area (Å²) < 4.78 is 8.17. The molecule has 0 radical (unpaired) electrons. The molecule has 0 aliphatic carbocycles. The number of ketones is 3. The molecule has 0 aliphatic rings. The van der Waals surface area contributed by atoms with Crippen molar-refractivity contribution in [2.45, 2.75) is 55.4 Å². The van der Waals surface area contributed by atoms with Gasteiger partial charge in [0.25, 0.3) is 0 Å². The molecule has 0 atom stereocenters. The Kier molecular flexibility index (Phi) is 118. The van der Waals surface area contributed by atoms with Crippen molar-refractivity contribution in [1.82, 2.24) is 0 Å². The van der Waals surface area contributed by atoms with E-state index in [-0.39, 0.29) is 17.3 Å². The summed E-state index contributed by atoms with van der Waals surface area (Å²) in [4.78, 5) is 48.9. The molecule has 0 bridgehead atoms. The van der Waals surface area contributed by atoms with Crippen molar-refractivity contribution in [3.63, 3.8) is 0 Å². The minimum absolute atomic E-state index is 0.0185. The first-order valence-electron chi connectivity index (χ1n) is 14.7.